The number of carbonyl (C=O) groups is 2. The Hall–Kier alpha value is -3.17. The first-order chi connectivity index (χ1) is 13.3. The molecule has 1 aliphatic rings. The number of nitrogens with one attached hydrogen (secondary N) is 2. The summed E-state index contributed by atoms with van der Waals surface area (Å²) in [6.07, 6.45) is 1.02. The van der Waals surface area contributed by atoms with Crippen LogP contribution in [-0.4, -0.2) is 18.4 Å². The van der Waals surface area contributed by atoms with Gasteiger partial charge in [0.15, 0.2) is 23.3 Å². The molecule has 10 heteroatoms. The lowest BCUT2D eigenvalue weighted by molar-refractivity contribution is -0.120. The second-order valence-corrected chi connectivity index (χ2v) is 6.11. The topological polar surface area (TPSA) is 61.4 Å². The number of rotatable bonds is 5. The molecule has 148 valence electrons. The molecule has 2 aromatic rings. The number of hydrazine groups is 1. The Labute approximate surface area is 156 Å². The third kappa shape index (κ3) is 3.75. The third-order valence-electron chi connectivity index (χ3n) is 4.22. The maximum absolute atomic E-state index is 13.5. The van der Waals surface area contributed by atoms with E-state index in [1.54, 1.807) is 34.6 Å². The highest BCUT2D eigenvalue weighted by atomic mass is 19.2. The van der Waals surface area contributed by atoms with Gasteiger partial charge in [0.25, 0.3) is 0 Å². The molecule has 2 amide bonds. The molecule has 0 bridgehead atoms. The van der Waals surface area contributed by atoms with Gasteiger partial charge in [-0.05, 0) is 24.1 Å². The standard InChI is InChI=1S/C18H14F5N3O2/c19-13-14(20)16(22)18(17(23)15(13)21)25-24-11(27)8-9-3-5-10(6-4-9)26-7-1-2-12(26)28/h3-6,25H,1-2,7-8H2,(H,24,27). The average Bonchev–Trinajstić information content (AvgIpc) is 3.11. The van der Waals surface area contributed by atoms with E-state index >= 15 is 0 Å². The van der Waals surface area contributed by atoms with Crippen LogP contribution in [0, 0.1) is 29.1 Å². The van der Waals surface area contributed by atoms with Gasteiger partial charge in [0.2, 0.25) is 17.6 Å². The minimum atomic E-state index is -2.29. The van der Waals surface area contributed by atoms with Crippen molar-refractivity contribution in [1.29, 1.82) is 0 Å². The molecule has 2 aromatic carbocycles. The normalized spacial score (nSPS) is 13.8. The van der Waals surface area contributed by atoms with Crippen LogP contribution in [0.3, 0.4) is 0 Å². The molecular formula is C18H14F5N3O2. The molecule has 0 aliphatic carbocycles. The minimum absolute atomic E-state index is 0.0116. The van der Waals surface area contributed by atoms with E-state index in [1.807, 2.05) is 5.43 Å². The summed E-state index contributed by atoms with van der Waals surface area (Å²) in [5.74, 6) is -11.5. The number of anilines is 2. The molecule has 1 heterocycles. The number of hydrogen-bond acceptors (Lipinski definition) is 3. The Morgan fingerprint density at radius 2 is 1.50 bits per heavy atom. The van der Waals surface area contributed by atoms with Gasteiger partial charge in [-0.25, -0.2) is 22.0 Å². The molecule has 0 spiro atoms. The molecule has 2 N–H and O–H groups in total. The highest BCUT2D eigenvalue weighted by Crippen LogP contribution is 2.26. The first-order valence-electron chi connectivity index (χ1n) is 8.25. The highest BCUT2D eigenvalue weighted by molar-refractivity contribution is 5.95. The van der Waals surface area contributed by atoms with Crippen LogP contribution < -0.4 is 15.8 Å². The van der Waals surface area contributed by atoms with Crippen LogP contribution in [0.2, 0.25) is 0 Å². The predicted molar refractivity (Wildman–Crippen MR) is 89.7 cm³/mol. The minimum Gasteiger partial charge on any atom is -0.312 e. The van der Waals surface area contributed by atoms with Gasteiger partial charge < -0.3 is 4.90 Å². The van der Waals surface area contributed by atoms with E-state index in [4.69, 9.17) is 0 Å². The summed E-state index contributed by atoms with van der Waals surface area (Å²) in [6, 6.07) is 6.50. The maximum atomic E-state index is 13.5. The zero-order valence-electron chi connectivity index (χ0n) is 14.3. The number of hydrogen-bond donors (Lipinski definition) is 2. The van der Waals surface area contributed by atoms with E-state index in [2.05, 4.69) is 0 Å². The van der Waals surface area contributed by atoms with Crippen molar-refractivity contribution in [2.75, 3.05) is 16.9 Å². The molecule has 3 rings (SSSR count). The lowest BCUT2D eigenvalue weighted by atomic mass is 10.1. The van der Waals surface area contributed by atoms with Crippen LogP contribution in [0.1, 0.15) is 18.4 Å². The fraction of sp³-hybridized carbons (Fsp3) is 0.222. The largest absolute Gasteiger partial charge is 0.312 e. The van der Waals surface area contributed by atoms with Crippen molar-refractivity contribution >= 4 is 23.2 Å². The molecular weight excluding hydrogens is 385 g/mol. The van der Waals surface area contributed by atoms with Gasteiger partial charge in [0, 0.05) is 18.7 Å². The van der Waals surface area contributed by atoms with Crippen LogP contribution in [0.15, 0.2) is 24.3 Å². The molecule has 1 saturated heterocycles. The van der Waals surface area contributed by atoms with Gasteiger partial charge >= 0.3 is 0 Å². The van der Waals surface area contributed by atoms with Crippen molar-refractivity contribution in [3.8, 4) is 0 Å². The third-order valence-corrected chi connectivity index (χ3v) is 4.22. The van der Waals surface area contributed by atoms with Gasteiger partial charge in [-0.3, -0.25) is 20.4 Å². The molecule has 1 aliphatic heterocycles. The molecule has 0 atom stereocenters. The summed E-state index contributed by atoms with van der Waals surface area (Å²) in [7, 11) is 0. The van der Waals surface area contributed by atoms with Crippen molar-refractivity contribution in [2.45, 2.75) is 19.3 Å². The lowest BCUT2D eigenvalue weighted by Gasteiger charge is -2.16. The lowest BCUT2D eigenvalue weighted by Crippen LogP contribution is -2.32. The van der Waals surface area contributed by atoms with Gasteiger partial charge in [0.05, 0.1) is 6.42 Å². The summed E-state index contributed by atoms with van der Waals surface area (Å²) < 4.78 is 66.3. The van der Waals surface area contributed by atoms with E-state index < -0.39 is 40.7 Å². The molecule has 0 unspecified atom stereocenters. The van der Waals surface area contributed by atoms with Crippen molar-refractivity contribution in [3.63, 3.8) is 0 Å². The molecule has 0 aromatic heterocycles. The SMILES string of the molecule is O=C(Cc1ccc(N2CCCC2=O)cc1)NNc1c(F)c(F)c(F)c(F)c1F. The Morgan fingerprint density at radius 3 is 2.04 bits per heavy atom. The molecule has 0 saturated carbocycles. The first kappa shape index (κ1) is 19.6. The van der Waals surface area contributed by atoms with Gasteiger partial charge in [-0.15, -0.1) is 0 Å². The van der Waals surface area contributed by atoms with Crippen molar-refractivity contribution in [1.82, 2.24) is 5.43 Å². The molecule has 28 heavy (non-hydrogen) atoms. The monoisotopic (exact) mass is 399 g/mol. The van der Waals surface area contributed by atoms with E-state index in [0.717, 1.165) is 6.42 Å². The van der Waals surface area contributed by atoms with Crippen molar-refractivity contribution in [2.24, 2.45) is 0 Å². The summed E-state index contributed by atoms with van der Waals surface area (Å²) in [5.41, 5.74) is 3.47. The first-order valence-corrected chi connectivity index (χ1v) is 8.25. The van der Waals surface area contributed by atoms with Gasteiger partial charge in [-0.1, -0.05) is 12.1 Å². The average molecular weight is 399 g/mol. The zero-order valence-corrected chi connectivity index (χ0v) is 14.3. The number of amides is 2. The Balaban J connectivity index is 1.63. The second kappa shape index (κ2) is 7.83. The van der Waals surface area contributed by atoms with Crippen LogP contribution in [0.4, 0.5) is 33.3 Å². The zero-order chi connectivity index (χ0) is 20.4. The Kier molecular flexibility index (Phi) is 5.48. The van der Waals surface area contributed by atoms with E-state index in [-0.39, 0.29) is 12.3 Å². The quantitative estimate of drug-likeness (QED) is 0.351. The van der Waals surface area contributed by atoms with Gasteiger partial charge in [0.1, 0.15) is 5.69 Å². The van der Waals surface area contributed by atoms with E-state index in [9.17, 15) is 31.5 Å². The van der Waals surface area contributed by atoms with Crippen molar-refractivity contribution < 1.29 is 31.5 Å². The van der Waals surface area contributed by atoms with Crippen LogP contribution >= 0.6 is 0 Å². The number of benzene rings is 2. The fourth-order valence-electron chi connectivity index (χ4n) is 2.79. The van der Waals surface area contributed by atoms with Crippen LogP contribution in [0.5, 0.6) is 0 Å². The molecule has 5 nitrogen and oxygen atoms in total. The maximum Gasteiger partial charge on any atom is 0.242 e. The molecule has 0 radical (unpaired) electrons. The van der Waals surface area contributed by atoms with E-state index in [0.29, 0.717) is 24.2 Å². The summed E-state index contributed by atoms with van der Waals surface area (Å²) in [4.78, 5) is 25.2. The predicted octanol–water partition coefficient (Wildman–Crippen LogP) is 3.19. The summed E-state index contributed by atoms with van der Waals surface area (Å²) >= 11 is 0. The number of halogens is 5. The second-order valence-electron chi connectivity index (χ2n) is 6.11. The highest BCUT2D eigenvalue weighted by Gasteiger charge is 2.26. The van der Waals surface area contributed by atoms with Crippen molar-refractivity contribution in [3.05, 3.63) is 58.9 Å². The molecule has 1 fully saturated rings. The fourth-order valence-corrected chi connectivity index (χ4v) is 2.79. The Morgan fingerprint density at radius 1 is 0.929 bits per heavy atom. The van der Waals surface area contributed by atoms with Gasteiger partial charge in [-0.2, -0.15) is 0 Å². The smallest absolute Gasteiger partial charge is 0.242 e. The summed E-state index contributed by atoms with van der Waals surface area (Å²) in [5, 5.41) is 0. The number of nitrogens with zero attached hydrogens (tertiary/aromatic N) is 1. The Bertz CT molecular complexity index is 905. The summed E-state index contributed by atoms with van der Waals surface area (Å²) in [6.45, 7) is 0.616. The van der Waals surface area contributed by atoms with Crippen LogP contribution in [-0.2, 0) is 16.0 Å². The van der Waals surface area contributed by atoms with Crippen LogP contribution in [0.25, 0.3) is 0 Å². The number of carbonyl (C=O) groups excluding carboxylic acids is 2. The van der Waals surface area contributed by atoms with E-state index in [1.165, 1.54) is 0 Å².